The molecule has 0 unspecified atom stereocenters. The van der Waals surface area contributed by atoms with E-state index in [1.165, 1.54) is 28.6 Å². The predicted molar refractivity (Wildman–Crippen MR) is 119 cm³/mol. The summed E-state index contributed by atoms with van der Waals surface area (Å²) in [6.07, 6.45) is 5.44. The van der Waals surface area contributed by atoms with Crippen molar-refractivity contribution in [2.45, 2.75) is 44.1 Å². The summed E-state index contributed by atoms with van der Waals surface area (Å²) < 4.78 is 39.2. The van der Waals surface area contributed by atoms with Crippen LogP contribution in [0.1, 0.15) is 38.9 Å². The lowest BCUT2D eigenvalue weighted by atomic mass is 10.2. The lowest BCUT2D eigenvalue weighted by Crippen LogP contribution is -2.35. The van der Waals surface area contributed by atoms with Crippen LogP contribution in [-0.2, 0) is 14.8 Å². The minimum Gasteiger partial charge on any atom is -0.489 e. The lowest BCUT2D eigenvalue weighted by Gasteiger charge is -2.26. The molecule has 1 aliphatic heterocycles. The van der Waals surface area contributed by atoms with Gasteiger partial charge in [0, 0.05) is 19.2 Å². The van der Waals surface area contributed by atoms with Crippen LogP contribution in [0.25, 0.3) is 6.08 Å². The van der Waals surface area contributed by atoms with E-state index < -0.39 is 15.9 Å². The smallest absolute Gasteiger partial charge is 0.248 e. The number of carbonyl (C=O) groups excluding carboxylic acids is 1. The number of amides is 1. The van der Waals surface area contributed by atoms with Gasteiger partial charge in [0.1, 0.15) is 11.5 Å². The molecule has 1 amide bonds. The zero-order valence-electron chi connectivity index (χ0n) is 16.9. The Bertz CT molecular complexity index is 1020. The van der Waals surface area contributed by atoms with Crippen LogP contribution < -0.4 is 10.1 Å². The monoisotopic (exact) mass is 496 g/mol. The van der Waals surface area contributed by atoms with E-state index in [0.29, 0.717) is 35.0 Å². The Morgan fingerprint density at radius 1 is 1.20 bits per heavy atom. The van der Waals surface area contributed by atoms with Crippen LogP contribution in [0.5, 0.6) is 5.75 Å². The van der Waals surface area contributed by atoms with E-state index in [-0.39, 0.29) is 11.0 Å². The molecule has 1 aromatic heterocycles. The van der Waals surface area contributed by atoms with Gasteiger partial charge >= 0.3 is 0 Å². The van der Waals surface area contributed by atoms with Gasteiger partial charge in [-0.15, -0.1) is 0 Å². The summed E-state index contributed by atoms with van der Waals surface area (Å²) in [5.74, 6) is 0.492. The molecule has 1 aliphatic rings. The third kappa shape index (κ3) is 5.74. The van der Waals surface area contributed by atoms with E-state index >= 15 is 0 Å². The van der Waals surface area contributed by atoms with Gasteiger partial charge in [0.2, 0.25) is 15.9 Å². The molecule has 1 aromatic carbocycles. The van der Waals surface area contributed by atoms with Crippen LogP contribution in [0.2, 0.25) is 0 Å². The minimum absolute atomic E-state index is 0.134. The molecule has 2 heterocycles. The summed E-state index contributed by atoms with van der Waals surface area (Å²) in [6.45, 7) is 4.74. The first-order valence-corrected chi connectivity index (χ1v) is 12.0. The summed E-state index contributed by atoms with van der Waals surface area (Å²) in [5.41, 5.74) is 0.303. The Balaban J connectivity index is 1.85. The standard InChI is InChI=1S/C21H25BrN2O5S/c1-15(2)28-19-9-8-17(30(26,27)24-12-4-3-5-13-24)14-18(19)23-21(25)11-7-16-6-10-20(22)29-16/h6-11,14-15H,3-5,12-13H2,1-2H3,(H,23,25)/b11-7+. The van der Waals surface area contributed by atoms with Gasteiger partial charge in [-0.2, -0.15) is 4.31 Å². The highest BCUT2D eigenvalue weighted by Gasteiger charge is 2.27. The number of ether oxygens (including phenoxy) is 1. The summed E-state index contributed by atoms with van der Waals surface area (Å²) >= 11 is 3.21. The number of nitrogens with zero attached hydrogens (tertiary/aromatic N) is 1. The molecular formula is C21H25BrN2O5S. The van der Waals surface area contributed by atoms with Gasteiger partial charge in [-0.3, -0.25) is 4.79 Å². The van der Waals surface area contributed by atoms with E-state index in [0.717, 1.165) is 19.3 Å². The molecule has 2 aromatic rings. The van der Waals surface area contributed by atoms with E-state index in [2.05, 4.69) is 21.2 Å². The molecule has 1 saturated heterocycles. The highest BCUT2D eigenvalue weighted by Crippen LogP contribution is 2.31. The highest BCUT2D eigenvalue weighted by molar-refractivity contribution is 9.10. The molecule has 1 fully saturated rings. The Hall–Kier alpha value is -2.10. The Kier molecular flexibility index (Phi) is 7.38. The fourth-order valence-electron chi connectivity index (χ4n) is 3.13. The largest absolute Gasteiger partial charge is 0.489 e. The normalized spacial score (nSPS) is 15.6. The number of rotatable bonds is 7. The lowest BCUT2D eigenvalue weighted by molar-refractivity contribution is -0.111. The summed E-state index contributed by atoms with van der Waals surface area (Å²) in [5, 5.41) is 2.72. The first-order valence-electron chi connectivity index (χ1n) is 9.81. The number of sulfonamides is 1. The van der Waals surface area contributed by atoms with Crippen molar-refractivity contribution in [1.29, 1.82) is 0 Å². The van der Waals surface area contributed by atoms with Crippen LogP contribution in [-0.4, -0.2) is 37.8 Å². The topological polar surface area (TPSA) is 88.9 Å². The van der Waals surface area contributed by atoms with Crippen molar-refractivity contribution >= 4 is 43.6 Å². The Labute approximate surface area is 185 Å². The molecule has 0 saturated carbocycles. The van der Waals surface area contributed by atoms with Gasteiger partial charge in [0.15, 0.2) is 4.67 Å². The van der Waals surface area contributed by atoms with Crippen LogP contribution in [0.4, 0.5) is 5.69 Å². The zero-order valence-corrected chi connectivity index (χ0v) is 19.3. The second-order valence-electron chi connectivity index (χ2n) is 7.25. The highest BCUT2D eigenvalue weighted by atomic mass is 79.9. The predicted octanol–water partition coefficient (Wildman–Crippen LogP) is 4.66. The maximum atomic E-state index is 13.0. The molecule has 0 radical (unpaired) electrons. The van der Waals surface area contributed by atoms with Gasteiger partial charge in [-0.1, -0.05) is 6.42 Å². The van der Waals surface area contributed by atoms with Crippen molar-refractivity contribution in [1.82, 2.24) is 4.31 Å². The van der Waals surface area contributed by atoms with Crippen molar-refractivity contribution in [3.8, 4) is 5.75 Å². The first kappa shape index (κ1) is 22.6. The van der Waals surface area contributed by atoms with Gasteiger partial charge < -0.3 is 14.5 Å². The number of hydrogen-bond donors (Lipinski definition) is 1. The molecule has 0 atom stereocenters. The third-order valence-electron chi connectivity index (χ3n) is 4.52. The number of halogens is 1. The second kappa shape index (κ2) is 9.80. The number of hydrogen-bond acceptors (Lipinski definition) is 5. The average Bonchev–Trinajstić information content (AvgIpc) is 3.13. The molecule has 1 N–H and O–H groups in total. The number of furan rings is 1. The van der Waals surface area contributed by atoms with Crippen molar-refractivity contribution in [3.63, 3.8) is 0 Å². The van der Waals surface area contributed by atoms with Crippen molar-refractivity contribution < 1.29 is 22.4 Å². The SMILES string of the molecule is CC(C)Oc1ccc(S(=O)(=O)N2CCCCC2)cc1NC(=O)/C=C/c1ccc(Br)o1. The summed E-state index contributed by atoms with van der Waals surface area (Å²) in [4.78, 5) is 12.6. The number of benzene rings is 1. The van der Waals surface area contributed by atoms with E-state index in [9.17, 15) is 13.2 Å². The quantitative estimate of drug-likeness (QED) is 0.563. The molecule has 0 bridgehead atoms. The molecule has 0 aliphatic carbocycles. The number of anilines is 1. The molecule has 162 valence electrons. The number of nitrogens with one attached hydrogen (secondary N) is 1. The second-order valence-corrected chi connectivity index (χ2v) is 9.97. The van der Waals surface area contributed by atoms with Crippen LogP contribution >= 0.6 is 15.9 Å². The number of piperidine rings is 1. The van der Waals surface area contributed by atoms with Crippen molar-refractivity contribution in [3.05, 3.63) is 46.8 Å². The van der Waals surface area contributed by atoms with Crippen LogP contribution in [0, 0.1) is 0 Å². The van der Waals surface area contributed by atoms with Crippen molar-refractivity contribution in [2.75, 3.05) is 18.4 Å². The Morgan fingerprint density at radius 2 is 1.93 bits per heavy atom. The summed E-state index contributed by atoms with van der Waals surface area (Å²) in [7, 11) is -3.63. The van der Waals surface area contributed by atoms with Crippen LogP contribution in [0.15, 0.2) is 50.4 Å². The van der Waals surface area contributed by atoms with Gasteiger partial charge in [0.05, 0.1) is 16.7 Å². The maximum Gasteiger partial charge on any atom is 0.248 e. The molecular weight excluding hydrogens is 472 g/mol. The van der Waals surface area contributed by atoms with E-state index in [1.807, 2.05) is 13.8 Å². The number of carbonyl (C=O) groups is 1. The van der Waals surface area contributed by atoms with E-state index in [1.54, 1.807) is 18.2 Å². The fraction of sp³-hybridized carbons (Fsp3) is 0.381. The molecule has 3 rings (SSSR count). The van der Waals surface area contributed by atoms with Crippen LogP contribution in [0.3, 0.4) is 0 Å². The third-order valence-corrected chi connectivity index (χ3v) is 6.84. The average molecular weight is 497 g/mol. The summed E-state index contributed by atoms with van der Waals surface area (Å²) in [6, 6.07) is 8.00. The van der Waals surface area contributed by atoms with Gasteiger partial charge in [-0.25, -0.2) is 8.42 Å². The van der Waals surface area contributed by atoms with Gasteiger partial charge in [-0.05, 0) is 79.0 Å². The minimum atomic E-state index is -3.63. The first-order chi connectivity index (χ1) is 14.3. The zero-order chi connectivity index (χ0) is 21.7. The molecule has 9 heteroatoms. The molecule has 0 spiro atoms. The Morgan fingerprint density at radius 3 is 2.57 bits per heavy atom. The van der Waals surface area contributed by atoms with Crippen molar-refractivity contribution in [2.24, 2.45) is 0 Å². The molecule has 7 nitrogen and oxygen atoms in total. The maximum absolute atomic E-state index is 13.0. The molecule has 30 heavy (non-hydrogen) atoms. The fourth-order valence-corrected chi connectivity index (χ4v) is 4.99. The van der Waals surface area contributed by atoms with Gasteiger partial charge in [0.25, 0.3) is 0 Å². The van der Waals surface area contributed by atoms with E-state index in [4.69, 9.17) is 9.15 Å².